The minimum atomic E-state index is -0.237. The number of benzene rings is 1. The molecule has 120 valence electrons. The Morgan fingerprint density at radius 2 is 1.67 bits per heavy atom. The number of likely N-dealkylation sites (tertiary alicyclic amines) is 1. The van der Waals surface area contributed by atoms with Crippen LogP contribution in [-0.4, -0.2) is 35.7 Å². The number of piperidine rings is 1. The van der Waals surface area contributed by atoms with E-state index >= 15 is 0 Å². The summed E-state index contributed by atoms with van der Waals surface area (Å²) in [6.07, 6.45) is 4.67. The van der Waals surface area contributed by atoms with E-state index in [1.165, 1.54) is 37.9 Å². The molecular formula is C18H30ClNO. The molecule has 1 aliphatic rings. The largest absolute Gasteiger partial charge is 0.392 e. The van der Waals surface area contributed by atoms with Crippen LogP contribution in [0.1, 0.15) is 51.0 Å². The summed E-state index contributed by atoms with van der Waals surface area (Å²) in [6, 6.07) is 10.5. The SMILES string of the molecule is CC(C)C(c1ccccc1)C(O)CCN1CCCCC1.Cl. The zero-order valence-electron chi connectivity index (χ0n) is 13.4. The highest BCUT2D eigenvalue weighted by Crippen LogP contribution is 2.29. The number of rotatable bonds is 6. The summed E-state index contributed by atoms with van der Waals surface area (Å²) in [5, 5.41) is 10.6. The molecule has 2 atom stereocenters. The quantitative estimate of drug-likeness (QED) is 0.855. The second-order valence-corrected chi connectivity index (χ2v) is 6.44. The molecule has 0 saturated carbocycles. The lowest BCUT2D eigenvalue weighted by Gasteiger charge is -2.31. The number of halogens is 1. The molecule has 0 aliphatic carbocycles. The van der Waals surface area contributed by atoms with Crippen LogP contribution in [0.25, 0.3) is 0 Å². The van der Waals surface area contributed by atoms with Crippen LogP contribution < -0.4 is 0 Å². The Bertz CT molecular complexity index is 376. The van der Waals surface area contributed by atoms with Crippen molar-refractivity contribution in [1.29, 1.82) is 0 Å². The minimum absolute atomic E-state index is 0. The summed E-state index contributed by atoms with van der Waals surface area (Å²) in [7, 11) is 0. The molecule has 1 heterocycles. The van der Waals surface area contributed by atoms with Gasteiger partial charge in [-0.25, -0.2) is 0 Å². The van der Waals surface area contributed by atoms with Crippen molar-refractivity contribution in [3.63, 3.8) is 0 Å². The number of hydrogen-bond donors (Lipinski definition) is 1. The smallest absolute Gasteiger partial charge is 0.0623 e. The fourth-order valence-electron chi connectivity index (χ4n) is 3.40. The van der Waals surface area contributed by atoms with Crippen LogP contribution in [0.3, 0.4) is 0 Å². The first-order valence-corrected chi connectivity index (χ1v) is 8.14. The van der Waals surface area contributed by atoms with Gasteiger partial charge in [0.25, 0.3) is 0 Å². The van der Waals surface area contributed by atoms with E-state index in [-0.39, 0.29) is 24.4 Å². The first-order valence-electron chi connectivity index (χ1n) is 8.14. The molecule has 3 heteroatoms. The molecule has 0 spiro atoms. The van der Waals surface area contributed by atoms with E-state index in [4.69, 9.17) is 0 Å². The van der Waals surface area contributed by atoms with Crippen molar-refractivity contribution in [2.45, 2.75) is 51.6 Å². The molecule has 1 N–H and O–H groups in total. The van der Waals surface area contributed by atoms with Crippen molar-refractivity contribution in [2.24, 2.45) is 5.92 Å². The first-order chi connectivity index (χ1) is 9.68. The van der Waals surface area contributed by atoms with Crippen molar-refractivity contribution >= 4 is 12.4 Å². The average molecular weight is 312 g/mol. The van der Waals surface area contributed by atoms with Crippen molar-refractivity contribution in [3.8, 4) is 0 Å². The maximum atomic E-state index is 10.6. The zero-order chi connectivity index (χ0) is 14.4. The molecule has 0 aromatic heterocycles. The number of aliphatic hydroxyl groups excluding tert-OH is 1. The van der Waals surface area contributed by atoms with Gasteiger partial charge in [0, 0.05) is 12.5 Å². The Kier molecular flexibility index (Phi) is 8.31. The summed E-state index contributed by atoms with van der Waals surface area (Å²) in [4.78, 5) is 2.51. The topological polar surface area (TPSA) is 23.5 Å². The average Bonchev–Trinajstić information content (AvgIpc) is 2.47. The van der Waals surface area contributed by atoms with Gasteiger partial charge in [0.05, 0.1) is 6.10 Å². The lowest BCUT2D eigenvalue weighted by molar-refractivity contribution is 0.0938. The van der Waals surface area contributed by atoms with Crippen LogP contribution in [0.15, 0.2) is 30.3 Å². The molecule has 2 unspecified atom stereocenters. The second-order valence-electron chi connectivity index (χ2n) is 6.44. The Balaban J connectivity index is 0.00000220. The van der Waals surface area contributed by atoms with E-state index in [9.17, 15) is 5.11 Å². The maximum absolute atomic E-state index is 10.6. The van der Waals surface area contributed by atoms with Crippen LogP contribution in [0, 0.1) is 5.92 Å². The highest BCUT2D eigenvalue weighted by atomic mass is 35.5. The van der Waals surface area contributed by atoms with Crippen LogP contribution >= 0.6 is 12.4 Å². The summed E-state index contributed by atoms with van der Waals surface area (Å²) >= 11 is 0. The van der Waals surface area contributed by atoms with Gasteiger partial charge in [0.15, 0.2) is 0 Å². The maximum Gasteiger partial charge on any atom is 0.0623 e. The summed E-state index contributed by atoms with van der Waals surface area (Å²) in [5.41, 5.74) is 1.27. The molecule has 1 aromatic rings. The van der Waals surface area contributed by atoms with Gasteiger partial charge in [-0.2, -0.15) is 0 Å². The van der Waals surface area contributed by atoms with E-state index in [1.54, 1.807) is 0 Å². The zero-order valence-corrected chi connectivity index (χ0v) is 14.2. The molecule has 21 heavy (non-hydrogen) atoms. The Morgan fingerprint density at radius 1 is 1.05 bits per heavy atom. The Morgan fingerprint density at radius 3 is 2.24 bits per heavy atom. The monoisotopic (exact) mass is 311 g/mol. The van der Waals surface area contributed by atoms with E-state index in [1.807, 2.05) is 6.07 Å². The number of nitrogens with zero attached hydrogens (tertiary/aromatic N) is 1. The molecule has 1 aliphatic heterocycles. The molecule has 0 radical (unpaired) electrons. The van der Waals surface area contributed by atoms with Crippen molar-refractivity contribution in [1.82, 2.24) is 4.90 Å². The standard InChI is InChI=1S/C18H29NO.ClH/c1-15(2)18(16-9-5-3-6-10-16)17(20)11-14-19-12-7-4-8-13-19;/h3,5-6,9-10,15,17-18,20H,4,7-8,11-14H2,1-2H3;1H. The summed E-state index contributed by atoms with van der Waals surface area (Å²) in [6.45, 7) is 7.88. The molecule has 2 rings (SSSR count). The van der Waals surface area contributed by atoms with Crippen LogP contribution in [-0.2, 0) is 0 Å². The first kappa shape index (κ1) is 18.5. The van der Waals surface area contributed by atoms with Gasteiger partial charge >= 0.3 is 0 Å². The third-order valence-corrected chi connectivity index (χ3v) is 4.51. The van der Waals surface area contributed by atoms with E-state index in [2.05, 4.69) is 43.0 Å². The number of aliphatic hydroxyl groups is 1. The van der Waals surface area contributed by atoms with Crippen LogP contribution in [0.5, 0.6) is 0 Å². The van der Waals surface area contributed by atoms with Crippen molar-refractivity contribution < 1.29 is 5.11 Å². The third-order valence-electron chi connectivity index (χ3n) is 4.51. The minimum Gasteiger partial charge on any atom is -0.392 e. The normalized spacial score (nSPS) is 19.0. The second kappa shape index (κ2) is 9.45. The predicted molar refractivity (Wildman–Crippen MR) is 92.2 cm³/mol. The highest BCUT2D eigenvalue weighted by Gasteiger charge is 2.24. The summed E-state index contributed by atoms with van der Waals surface area (Å²) < 4.78 is 0. The lowest BCUT2D eigenvalue weighted by Crippen LogP contribution is -2.34. The molecule has 2 nitrogen and oxygen atoms in total. The Hall–Kier alpha value is -0.570. The van der Waals surface area contributed by atoms with Crippen molar-refractivity contribution in [3.05, 3.63) is 35.9 Å². The van der Waals surface area contributed by atoms with Gasteiger partial charge < -0.3 is 10.0 Å². The van der Waals surface area contributed by atoms with Gasteiger partial charge in [-0.15, -0.1) is 12.4 Å². The highest BCUT2D eigenvalue weighted by molar-refractivity contribution is 5.85. The van der Waals surface area contributed by atoms with Gasteiger partial charge in [0.1, 0.15) is 0 Å². The van der Waals surface area contributed by atoms with Crippen molar-refractivity contribution in [2.75, 3.05) is 19.6 Å². The molecular weight excluding hydrogens is 282 g/mol. The van der Waals surface area contributed by atoms with E-state index in [0.29, 0.717) is 5.92 Å². The molecule has 1 fully saturated rings. The van der Waals surface area contributed by atoms with Crippen LogP contribution in [0.2, 0.25) is 0 Å². The molecule has 0 bridgehead atoms. The lowest BCUT2D eigenvalue weighted by atomic mass is 9.82. The number of hydrogen-bond acceptors (Lipinski definition) is 2. The van der Waals surface area contributed by atoms with Gasteiger partial charge in [-0.1, -0.05) is 50.6 Å². The fraction of sp³-hybridized carbons (Fsp3) is 0.667. The van der Waals surface area contributed by atoms with Gasteiger partial charge in [-0.05, 0) is 43.8 Å². The fourth-order valence-corrected chi connectivity index (χ4v) is 3.40. The third kappa shape index (κ3) is 5.61. The van der Waals surface area contributed by atoms with E-state index in [0.717, 1.165) is 13.0 Å². The summed E-state index contributed by atoms with van der Waals surface area (Å²) in [5.74, 6) is 0.717. The Labute approximate surface area is 136 Å². The van der Waals surface area contributed by atoms with E-state index < -0.39 is 0 Å². The molecule has 1 saturated heterocycles. The predicted octanol–water partition coefficient (Wildman–Crippen LogP) is 4.08. The molecule has 0 amide bonds. The van der Waals surface area contributed by atoms with Gasteiger partial charge in [0.2, 0.25) is 0 Å². The molecule has 1 aromatic carbocycles. The van der Waals surface area contributed by atoms with Gasteiger partial charge in [-0.3, -0.25) is 0 Å². The van der Waals surface area contributed by atoms with Crippen LogP contribution in [0.4, 0.5) is 0 Å².